The number of hydrogen-bond acceptors (Lipinski definition) is 6. The molecule has 0 bridgehead atoms. The Bertz CT molecular complexity index is 1960. The normalized spacial score (nSPS) is 14.1. The number of aliphatic carboxylic acids is 1. The van der Waals surface area contributed by atoms with Gasteiger partial charge in [0.05, 0.1) is 26.0 Å². The number of amides is 1. The fourth-order valence-corrected chi connectivity index (χ4v) is 8.12. The zero-order valence-electron chi connectivity index (χ0n) is 22.2. The number of aromatic amines is 1. The van der Waals surface area contributed by atoms with Crippen molar-refractivity contribution in [3.05, 3.63) is 106 Å². The molecule has 9 nitrogen and oxygen atoms in total. The highest BCUT2D eigenvalue weighted by atomic mass is 35.5. The van der Waals surface area contributed by atoms with Gasteiger partial charge >= 0.3 is 5.97 Å². The van der Waals surface area contributed by atoms with Crippen molar-refractivity contribution < 1.29 is 31.5 Å². The van der Waals surface area contributed by atoms with Crippen LogP contribution in [-0.2, 0) is 41.4 Å². The van der Waals surface area contributed by atoms with Gasteiger partial charge in [-0.1, -0.05) is 41.9 Å². The quantitative estimate of drug-likeness (QED) is 0.214. The number of carbonyl (C=O) groups excluding carboxylic acids is 1. The summed E-state index contributed by atoms with van der Waals surface area (Å²) in [6.07, 6.45) is 0.933. The number of anilines is 1. The molecule has 1 amide bonds. The summed E-state index contributed by atoms with van der Waals surface area (Å²) >= 11 is 5.94. The standard InChI is InChI=1S/C30H25ClN2O7S2/c1-18-29(42(39,40)21-9-7-20(31)8-10-21)23(12-14-28(34)35)27(32-18)16-25-24-15-22(11-13-26(24)33-30(25)36)41(37,38)17-19-5-3-2-4-6-19/h2-11,13,15-16,32H,12,14,17H2,1H3,(H,33,36)(H,34,35). The largest absolute Gasteiger partial charge is 0.481 e. The Labute approximate surface area is 247 Å². The SMILES string of the molecule is Cc1[nH]c(C=C2C(=O)Nc3ccc(S(=O)(=O)Cc4ccccc4)cc32)c(CCC(=O)O)c1S(=O)(=O)c1ccc(Cl)cc1. The molecule has 0 radical (unpaired) electrons. The first kappa shape index (κ1) is 29.3. The van der Waals surface area contributed by atoms with Gasteiger partial charge in [0, 0.05) is 34.1 Å². The van der Waals surface area contributed by atoms with Crippen LogP contribution in [0.1, 0.15) is 34.5 Å². The molecule has 0 saturated carbocycles. The molecule has 5 rings (SSSR count). The summed E-state index contributed by atoms with van der Waals surface area (Å²) < 4.78 is 53.8. The number of sulfone groups is 2. The fourth-order valence-electron chi connectivity index (χ4n) is 4.91. The molecule has 216 valence electrons. The lowest BCUT2D eigenvalue weighted by molar-refractivity contribution is -0.137. The summed E-state index contributed by atoms with van der Waals surface area (Å²) in [6.45, 7) is 1.55. The van der Waals surface area contributed by atoms with Gasteiger partial charge in [0.15, 0.2) is 9.84 Å². The molecule has 12 heteroatoms. The summed E-state index contributed by atoms with van der Waals surface area (Å²) in [6, 6.07) is 18.7. The Kier molecular flexibility index (Phi) is 7.84. The molecule has 1 aliphatic heterocycles. The van der Waals surface area contributed by atoms with Gasteiger partial charge in [-0.2, -0.15) is 0 Å². The van der Waals surface area contributed by atoms with Crippen molar-refractivity contribution in [3.63, 3.8) is 0 Å². The molecule has 4 aromatic rings. The molecule has 0 spiro atoms. The third-order valence-electron chi connectivity index (χ3n) is 6.86. The van der Waals surface area contributed by atoms with E-state index < -0.39 is 31.6 Å². The molecule has 3 N–H and O–H groups in total. The van der Waals surface area contributed by atoms with Crippen molar-refractivity contribution in [2.24, 2.45) is 0 Å². The second kappa shape index (κ2) is 11.2. The van der Waals surface area contributed by atoms with E-state index in [0.717, 1.165) is 0 Å². The summed E-state index contributed by atoms with van der Waals surface area (Å²) in [5.41, 5.74) is 2.14. The van der Waals surface area contributed by atoms with Crippen LogP contribution >= 0.6 is 11.6 Å². The van der Waals surface area contributed by atoms with E-state index in [0.29, 0.717) is 21.8 Å². The highest BCUT2D eigenvalue weighted by Crippen LogP contribution is 2.38. The topological polar surface area (TPSA) is 150 Å². The zero-order valence-corrected chi connectivity index (χ0v) is 24.6. The van der Waals surface area contributed by atoms with Gasteiger partial charge in [-0.3, -0.25) is 9.59 Å². The van der Waals surface area contributed by atoms with Crippen molar-refractivity contribution in [2.45, 2.75) is 40.2 Å². The molecule has 42 heavy (non-hydrogen) atoms. The van der Waals surface area contributed by atoms with Crippen molar-refractivity contribution in [1.82, 2.24) is 4.98 Å². The van der Waals surface area contributed by atoms with Crippen molar-refractivity contribution >= 4 is 60.5 Å². The number of halogens is 1. The summed E-state index contributed by atoms with van der Waals surface area (Å²) in [7, 11) is -7.86. The first-order chi connectivity index (χ1) is 19.9. The Morgan fingerprint density at radius 2 is 1.62 bits per heavy atom. The van der Waals surface area contributed by atoms with Crippen LogP contribution in [-0.4, -0.2) is 38.8 Å². The van der Waals surface area contributed by atoms with Crippen LogP contribution in [0.5, 0.6) is 0 Å². The Balaban J connectivity index is 1.61. The predicted octanol–water partition coefficient (Wildman–Crippen LogP) is 5.29. The highest BCUT2D eigenvalue weighted by Gasteiger charge is 2.31. The summed E-state index contributed by atoms with van der Waals surface area (Å²) in [5, 5.41) is 12.4. The maximum absolute atomic E-state index is 13.7. The number of rotatable bonds is 9. The van der Waals surface area contributed by atoms with Crippen LogP contribution in [0.4, 0.5) is 5.69 Å². The van der Waals surface area contributed by atoms with E-state index in [1.54, 1.807) is 37.3 Å². The average molecular weight is 625 g/mol. The lowest BCUT2D eigenvalue weighted by atomic mass is 10.0. The molecule has 0 aliphatic carbocycles. The number of nitrogens with one attached hydrogen (secondary N) is 2. The van der Waals surface area contributed by atoms with Crippen molar-refractivity contribution in [2.75, 3.05) is 5.32 Å². The number of hydrogen-bond donors (Lipinski definition) is 3. The number of H-pyrrole nitrogens is 1. The van der Waals surface area contributed by atoms with E-state index in [1.165, 1.54) is 48.5 Å². The van der Waals surface area contributed by atoms with E-state index in [-0.39, 0.29) is 55.8 Å². The van der Waals surface area contributed by atoms with Crippen LogP contribution in [0, 0.1) is 6.92 Å². The number of benzene rings is 3. The van der Waals surface area contributed by atoms with Gasteiger partial charge in [-0.05, 0) is 73.0 Å². The van der Waals surface area contributed by atoms with E-state index in [2.05, 4.69) is 10.3 Å². The molecular formula is C30H25ClN2O7S2. The van der Waals surface area contributed by atoms with Crippen LogP contribution in [0.3, 0.4) is 0 Å². The van der Waals surface area contributed by atoms with Crippen LogP contribution in [0.15, 0.2) is 87.5 Å². The Morgan fingerprint density at radius 3 is 2.29 bits per heavy atom. The second-order valence-electron chi connectivity index (χ2n) is 9.79. The monoisotopic (exact) mass is 624 g/mol. The first-order valence-corrected chi connectivity index (χ1v) is 16.3. The zero-order chi connectivity index (χ0) is 30.2. The molecule has 0 saturated heterocycles. The van der Waals surface area contributed by atoms with Crippen LogP contribution in [0.25, 0.3) is 11.6 Å². The molecule has 1 aliphatic rings. The van der Waals surface area contributed by atoms with Crippen molar-refractivity contribution in [1.29, 1.82) is 0 Å². The molecule has 0 fully saturated rings. The lowest BCUT2D eigenvalue weighted by Crippen LogP contribution is -2.08. The Hall–Kier alpha value is -4.19. The number of fused-ring (bicyclic) bond motifs is 1. The fraction of sp³-hybridized carbons (Fsp3) is 0.133. The van der Waals surface area contributed by atoms with Crippen LogP contribution < -0.4 is 5.32 Å². The van der Waals surface area contributed by atoms with Gasteiger partial charge in [-0.15, -0.1) is 0 Å². The third kappa shape index (κ3) is 5.76. The lowest BCUT2D eigenvalue weighted by Gasteiger charge is -2.09. The summed E-state index contributed by atoms with van der Waals surface area (Å²) in [4.78, 5) is 27.4. The highest BCUT2D eigenvalue weighted by molar-refractivity contribution is 7.91. The average Bonchev–Trinajstić information content (AvgIpc) is 3.43. The van der Waals surface area contributed by atoms with Crippen molar-refractivity contribution in [3.8, 4) is 0 Å². The molecule has 1 aromatic heterocycles. The smallest absolute Gasteiger partial charge is 0.303 e. The molecular weight excluding hydrogens is 600 g/mol. The number of carboxylic acid groups (broad SMARTS) is 1. The van der Waals surface area contributed by atoms with E-state index in [9.17, 15) is 31.5 Å². The Morgan fingerprint density at radius 1 is 0.952 bits per heavy atom. The van der Waals surface area contributed by atoms with E-state index in [1.807, 2.05) is 0 Å². The number of carbonyl (C=O) groups is 2. The molecule has 3 aromatic carbocycles. The number of carboxylic acids is 1. The molecule has 2 heterocycles. The molecule has 0 atom stereocenters. The number of aromatic nitrogens is 1. The van der Waals surface area contributed by atoms with E-state index >= 15 is 0 Å². The van der Waals surface area contributed by atoms with E-state index in [4.69, 9.17) is 11.6 Å². The minimum Gasteiger partial charge on any atom is -0.481 e. The maximum Gasteiger partial charge on any atom is 0.303 e. The second-order valence-corrected chi connectivity index (χ2v) is 14.1. The summed E-state index contributed by atoms with van der Waals surface area (Å²) in [5.74, 6) is -1.87. The first-order valence-electron chi connectivity index (χ1n) is 12.7. The predicted molar refractivity (Wildman–Crippen MR) is 159 cm³/mol. The van der Waals surface area contributed by atoms with Gasteiger partial charge in [-0.25, -0.2) is 16.8 Å². The van der Waals surface area contributed by atoms with Gasteiger partial charge in [0.25, 0.3) is 5.91 Å². The third-order valence-corrected chi connectivity index (χ3v) is 10.8. The number of aryl methyl sites for hydroxylation is 1. The minimum atomic E-state index is -4.10. The van der Waals surface area contributed by atoms with Gasteiger partial charge in [0.2, 0.25) is 9.84 Å². The van der Waals surface area contributed by atoms with Crippen LogP contribution in [0.2, 0.25) is 5.02 Å². The van der Waals surface area contributed by atoms with Gasteiger partial charge in [0.1, 0.15) is 0 Å². The molecule has 0 unspecified atom stereocenters. The maximum atomic E-state index is 13.7. The minimum absolute atomic E-state index is 0.0206. The van der Waals surface area contributed by atoms with Gasteiger partial charge < -0.3 is 15.4 Å².